The molecule has 5 nitrogen and oxygen atoms in total. The maximum Gasteiger partial charge on any atom is 0.240 e. The Balaban J connectivity index is 2.25. The normalized spacial score (nSPS) is 14.1. The predicted octanol–water partition coefficient (Wildman–Crippen LogP) is 2.70. The van der Waals surface area contributed by atoms with E-state index in [9.17, 15) is 0 Å². The van der Waals surface area contributed by atoms with E-state index >= 15 is 0 Å². The standard InChI is InChI=1S/C16H21N3O2/c1-9-11-6-4-5-7-12(11)10(2)15(20-3)14(9)16-18-13(8-17)21-19-16/h4-8,17H2,1-3H3. The molecule has 0 saturated carbocycles. The largest absolute Gasteiger partial charge is 0.496 e. The molecule has 1 aliphatic carbocycles. The van der Waals surface area contributed by atoms with Crippen molar-refractivity contribution < 1.29 is 9.26 Å². The Bertz CT molecular complexity index is 677. The molecular formula is C16H21N3O2. The van der Waals surface area contributed by atoms with Gasteiger partial charge in [-0.15, -0.1) is 0 Å². The van der Waals surface area contributed by atoms with Crippen molar-refractivity contribution in [3.63, 3.8) is 0 Å². The van der Waals surface area contributed by atoms with Gasteiger partial charge in [-0.3, -0.25) is 0 Å². The van der Waals surface area contributed by atoms with Crippen LogP contribution in [0, 0.1) is 13.8 Å². The van der Waals surface area contributed by atoms with Crippen molar-refractivity contribution >= 4 is 0 Å². The Morgan fingerprint density at radius 1 is 1.14 bits per heavy atom. The van der Waals surface area contributed by atoms with Gasteiger partial charge in [0.05, 0.1) is 19.2 Å². The Labute approximate surface area is 124 Å². The first-order chi connectivity index (χ1) is 10.2. The molecule has 1 aliphatic rings. The lowest BCUT2D eigenvalue weighted by atomic mass is 9.83. The number of hydrogen-bond donors (Lipinski definition) is 1. The van der Waals surface area contributed by atoms with Crippen LogP contribution in [0.25, 0.3) is 11.4 Å². The van der Waals surface area contributed by atoms with Gasteiger partial charge in [0, 0.05) is 0 Å². The maximum absolute atomic E-state index is 5.67. The van der Waals surface area contributed by atoms with Gasteiger partial charge in [0.15, 0.2) is 0 Å². The highest BCUT2D eigenvalue weighted by atomic mass is 16.5. The Kier molecular flexibility index (Phi) is 3.68. The molecule has 1 aromatic carbocycles. The molecule has 0 bridgehead atoms. The van der Waals surface area contributed by atoms with Gasteiger partial charge in [-0.2, -0.15) is 4.98 Å². The van der Waals surface area contributed by atoms with E-state index < -0.39 is 0 Å². The molecule has 0 spiro atoms. The molecule has 5 heteroatoms. The second-order valence-electron chi connectivity index (χ2n) is 5.54. The Morgan fingerprint density at radius 3 is 2.38 bits per heavy atom. The van der Waals surface area contributed by atoms with Crippen LogP contribution in [-0.2, 0) is 19.4 Å². The van der Waals surface area contributed by atoms with Crippen molar-refractivity contribution in [2.24, 2.45) is 5.73 Å². The van der Waals surface area contributed by atoms with Gasteiger partial charge in [-0.05, 0) is 61.8 Å². The number of rotatable bonds is 3. The molecule has 1 heterocycles. The van der Waals surface area contributed by atoms with Crippen LogP contribution in [0.15, 0.2) is 4.52 Å². The van der Waals surface area contributed by atoms with E-state index in [1.165, 1.54) is 35.1 Å². The molecule has 21 heavy (non-hydrogen) atoms. The molecule has 2 N–H and O–H groups in total. The van der Waals surface area contributed by atoms with Crippen molar-refractivity contribution in [1.29, 1.82) is 0 Å². The fourth-order valence-corrected chi connectivity index (χ4v) is 3.34. The summed E-state index contributed by atoms with van der Waals surface area (Å²) in [6.07, 6.45) is 4.72. The van der Waals surface area contributed by atoms with Crippen molar-refractivity contribution in [2.45, 2.75) is 46.1 Å². The third-order valence-corrected chi connectivity index (χ3v) is 4.39. The molecule has 0 saturated heterocycles. The van der Waals surface area contributed by atoms with Crippen LogP contribution in [0.5, 0.6) is 5.75 Å². The lowest BCUT2D eigenvalue weighted by molar-refractivity contribution is 0.379. The highest BCUT2D eigenvalue weighted by Gasteiger charge is 2.25. The van der Waals surface area contributed by atoms with E-state index in [0.29, 0.717) is 11.7 Å². The van der Waals surface area contributed by atoms with Gasteiger partial charge in [0.1, 0.15) is 5.75 Å². The van der Waals surface area contributed by atoms with E-state index in [1.807, 2.05) is 0 Å². The zero-order valence-corrected chi connectivity index (χ0v) is 12.8. The molecular weight excluding hydrogens is 266 g/mol. The molecule has 0 atom stereocenters. The third kappa shape index (κ3) is 2.21. The molecule has 0 fully saturated rings. The summed E-state index contributed by atoms with van der Waals surface area (Å²) in [7, 11) is 1.70. The molecule has 3 rings (SSSR count). The highest BCUT2D eigenvalue weighted by Crippen LogP contribution is 2.41. The van der Waals surface area contributed by atoms with E-state index in [2.05, 4.69) is 24.0 Å². The van der Waals surface area contributed by atoms with Crippen LogP contribution in [0.1, 0.15) is 41.0 Å². The molecule has 0 amide bonds. The predicted molar refractivity (Wildman–Crippen MR) is 80.3 cm³/mol. The minimum atomic E-state index is 0.248. The smallest absolute Gasteiger partial charge is 0.240 e. The fourth-order valence-electron chi connectivity index (χ4n) is 3.34. The first kappa shape index (κ1) is 14.1. The minimum Gasteiger partial charge on any atom is -0.496 e. The lowest BCUT2D eigenvalue weighted by Crippen LogP contribution is -2.10. The van der Waals surface area contributed by atoms with Gasteiger partial charge in [-0.25, -0.2) is 0 Å². The number of nitrogens with two attached hydrogens (primary N) is 1. The monoisotopic (exact) mass is 287 g/mol. The molecule has 0 unspecified atom stereocenters. The van der Waals surface area contributed by atoms with Crippen molar-refractivity contribution in [1.82, 2.24) is 10.1 Å². The average Bonchev–Trinajstić information content (AvgIpc) is 2.99. The van der Waals surface area contributed by atoms with E-state index in [4.69, 9.17) is 15.0 Å². The molecule has 0 aliphatic heterocycles. The average molecular weight is 287 g/mol. The second kappa shape index (κ2) is 5.48. The summed E-state index contributed by atoms with van der Waals surface area (Å²) in [5.41, 5.74) is 11.8. The summed E-state index contributed by atoms with van der Waals surface area (Å²) < 4.78 is 10.8. The van der Waals surface area contributed by atoms with E-state index in [-0.39, 0.29) is 6.54 Å². The summed E-state index contributed by atoms with van der Waals surface area (Å²) in [5, 5.41) is 4.07. The maximum atomic E-state index is 5.67. The molecule has 0 radical (unpaired) electrons. The number of hydrogen-bond acceptors (Lipinski definition) is 5. The Morgan fingerprint density at radius 2 is 1.81 bits per heavy atom. The van der Waals surface area contributed by atoms with E-state index in [0.717, 1.165) is 24.2 Å². The summed E-state index contributed by atoms with van der Waals surface area (Å²) in [5.74, 6) is 1.88. The molecule has 1 aromatic heterocycles. The fraction of sp³-hybridized carbons (Fsp3) is 0.500. The number of nitrogens with zero attached hydrogens (tertiary/aromatic N) is 2. The van der Waals surface area contributed by atoms with Crippen LogP contribution in [0.4, 0.5) is 0 Å². The summed E-state index contributed by atoms with van der Waals surface area (Å²) in [6.45, 7) is 4.49. The quantitative estimate of drug-likeness (QED) is 0.939. The van der Waals surface area contributed by atoms with Crippen molar-refractivity contribution in [2.75, 3.05) is 7.11 Å². The van der Waals surface area contributed by atoms with Crippen LogP contribution < -0.4 is 10.5 Å². The first-order valence-electron chi connectivity index (χ1n) is 7.39. The third-order valence-electron chi connectivity index (χ3n) is 4.39. The zero-order chi connectivity index (χ0) is 15.0. The first-order valence-corrected chi connectivity index (χ1v) is 7.39. The SMILES string of the molecule is COc1c(C)c2c(c(C)c1-c1noc(CN)n1)CCCC2. The molecule has 2 aromatic rings. The number of methoxy groups -OCH3 is 1. The van der Waals surface area contributed by atoms with Crippen molar-refractivity contribution in [3.8, 4) is 17.1 Å². The van der Waals surface area contributed by atoms with Crippen LogP contribution in [0.2, 0.25) is 0 Å². The number of aromatic nitrogens is 2. The summed E-state index contributed by atoms with van der Waals surface area (Å²) >= 11 is 0. The summed E-state index contributed by atoms with van der Waals surface area (Å²) in [6, 6.07) is 0. The Hall–Kier alpha value is -1.88. The van der Waals surface area contributed by atoms with Gasteiger partial charge in [-0.1, -0.05) is 5.16 Å². The number of benzene rings is 1. The molecule has 112 valence electrons. The van der Waals surface area contributed by atoms with Crippen LogP contribution in [0.3, 0.4) is 0 Å². The van der Waals surface area contributed by atoms with Gasteiger partial charge in [0.2, 0.25) is 11.7 Å². The van der Waals surface area contributed by atoms with Gasteiger partial charge >= 0.3 is 0 Å². The second-order valence-corrected chi connectivity index (χ2v) is 5.54. The minimum absolute atomic E-state index is 0.248. The van der Waals surface area contributed by atoms with Crippen LogP contribution >= 0.6 is 0 Å². The van der Waals surface area contributed by atoms with Gasteiger partial charge < -0.3 is 15.0 Å². The van der Waals surface area contributed by atoms with E-state index in [1.54, 1.807) is 7.11 Å². The van der Waals surface area contributed by atoms with Crippen LogP contribution in [-0.4, -0.2) is 17.3 Å². The topological polar surface area (TPSA) is 74.2 Å². The summed E-state index contributed by atoms with van der Waals surface area (Å²) in [4.78, 5) is 4.38. The number of ether oxygens (including phenoxy) is 1. The van der Waals surface area contributed by atoms with Gasteiger partial charge in [0.25, 0.3) is 0 Å². The number of fused-ring (bicyclic) bond motifs is 1. The highest BCUT2D eigenvalue weighted by molar-refractivity contribution is 5.74. The zero-order valence-electron chi connectivity index (χ0n) is 12.8. The van der Waals surface area contributed by atoms with Crippen molar-refractivity contribution in [3.05, 3.63) is 28.1 Å². The lowest BCUT2D eigenvalue weighted by Gasteiger charge is -2.24.